The van der Waals surface area contributed by atoms with E-state index < -0.39 is 0 Å². The summed E-state index contributed by atoms with van der Waals surface area (Å²) in [5.41, 5.74) is 1.93. The second-order valence-electron chi connectivity index (χ2n) is 4.34. The van der Waals surface area contributed by atoms with Gasteiger partial charge in [0, 0.05) is 5.57 Å². The van der Waals surface area contributed by atoms with E-state index in [0.717, 1.165) is 5.56 Å². The molecule has 0 aliphatic carbocycles. The number of rotatable bonds is 1. The number of halogens is 1. The van der Waals surface area contributed by atoms with Crippen molar-refractivity contribution >= 4 is 11.9 Å². The van der Waals surface area contributed by atoms with Gasteiger partial charge in [0.1, 0.15) is 18.2 Å². The summed E-state index contributed by atoms with van der Waals surface area (Å²) in [6, 6.07) is 13.2. The number of fused-ring (bicyclic) bond motifs is 1. The number of hydrogen-bond acceptors (Lipinski definition) is 2. The van der Waals surface area contributed by atoms with Crippen LogP contribution in [0.2, 0.25) is 0 Å². The molecule has 19 heavy (non-hydrogen) atoms. The average Bonchev–Trinajstić information content (AvgIpc) is 2.45. The molecule has 3 heteroatoms. The Kier molecular flexibility index (Phi) is 2.88. The third-order valence-corrected chi connectivity index (χ3v) is 3.02. The summed E-state index contributed by atoms with van der Waals surface area (Å²) < 4.78 is 18.4. The SMILES string of the molecule is O=C1/C(=C/c2ccc(F)cc2)COc2ccccc21. The van der Waals surface area contributed by atoms with Crippen LogP contribution in [-0.4, -0.2) is 12.4 Å². The van der Waals surface area contributed by atoms with Crippen LogP contribution in [0.3, 0.4) is 0 Å². The zero-order valence-electron chi connectivity index (χ0n) is 10.1. The van der Waals surface area contributed by atoms with Crippen LogP contribution in [0.4, 0.5) is 4.39 Å². The lowest BCUT2D eigenvalue weighted by Gasteiger charge is -2.18. The van der Waals surface area contributed by atoms with Crippen molar-refractivity contribution in [2.45, 2.75) is 0 Å². The molecule has 0 unspecified atom stereocenters. The molecule has 3 rings (SSSR count). The lowest BCUT2D eigenvalue weighted by molar-refractivity contribution is 0.100. The molecule has 0 fully saturated rings. The van der Waals surface area contributed by atoms with Gasteiger partial charge in [0.2, 0.25) is 0 Å². The van der Waals surface area contributed by atoms with Crippen molar-refractivity contribution in [3.63, 3.8) is 0 Å². The van der Waals surface area contributed by atoms with E-state index in [1.165, 1.54) is 12.1 Å². The van der Waals surface area contributed by atoms with Crippen molar-refractivity contribution in [3.05, 3.63) is 71.0 Å². The van der Waals surface area contributed by atoms with Crippen molar-refractivity contribution in [3.8, 4) is 5.75 Å². The molecule has 0 amide bonds. The van der Waals surface area contributed by atoms with Crippen LogP contribution in [0.5, 0.6) is 5.75 Å². The second kappa shape index (κ2) is 4.69. The maximum Gasteiger partial charge on any atom is 0.196 e. The first-order valence-electron chi connectivity index (χ1n) is 5.97. The van der Waals surface area contributed by atoms with E-state index in [-0.39, 0.29) is 18.2 Å². The summed E-state index contributed by atoms with van der Waals surface area (Å²) in [6.45, 7) is 0.243. The molecular weight excluding hydrogens is 243 g/mol. The average molecular weight is 254 g/mol. The third kappa shape index (κ3) is 2.27. The predicted octanol–water partition coefficient (Wildman–Crippen LogP) is 3.48. The number of para-hydroxylation sites is 1. The first-order valence-corrected chi connectivity index (χ1v) is 5.97. The number of carbonyl (C=O) groups is 1. The molecule has 0 saturated heterocycles. The molecule has 94 valence electrons. The molecule has 0 bridgehead atoms. The van der Waals surface area contributed by atoms with Gasteiger partial charge in [-0.2, -0.15) is 0 Å². The summed E-state index contributed by atoms with van der Waals surface area (Å²) in [5, 5.41) is 0. The topological polar surface area (TPSA) is 26.3 Å². The maximum atomic E-state index is 12.8. The van der Waals surface area contributed by atoms with Crippen LogP contribution in [0.15, 0.2) is 54.1 Å². The first kappa shape index (κ1) is 11.7. The zero-order valence-corrected chi connectivity index (χ0v) is 10.1. The van der Waals surface area contributed by atoms with Crippen molar-refractivity contribution in [1.29, 1.82) is 0 Å². The number of Topliss-reactive ketones (excluding diaryl/α,β-unsaturated/α-hetero) is 1. The summed E-state index contributed by atoms with van der Waals surface area (Å²) in [5.74, 6) is 0.286. The van der Waals surface area contributed by atoms with Gasteiger partial charge in [-0.05, 0) is 35.9 Å². The van der Waals surface area contributed by atoms with E-state index in [4.69, 9.17) is 4.74 Å². The van der Waals surface area contributed by atoms with Gasteiger partial charge in [-0.3, -0.25) is 4.79 Å². The van der Waals surface area contributed by atoms with E-state index in [2.05, 4.69) is 0 Å². The van der Waals surface area contributed by atoms with Gasteiger partial charge in [-0.25, -0.2) is 4.39 Å². The molecule has 2 aromatic carbocycles. The first-order chi connectivity index (χ1) is 9.24. The van der Waals surface area contributed by atoms with Crippen LogP contribution in [0.1, 0.15) is 15.9 Å². The van der Waals surface area contributed by atoms with E-state index in [1.54, 1.807) is 36.4 Å². The number of ketones is 1. The van der Waals surface area contributed by atoms with Gasteiger partial charge in [0.05, 0.1) is 5.56 Å². The number of hydrogen-bond donors (Lipinski definition) is 0. The molecule has 2 nitrogen and oxygen atoms in total. The van der Waals surface area contributed by atoms with E-state index in [1.807, 2.05) is 6.07 Å². The van der Waals surface area contributed by atoms with E-state index in [0.29, 0.717) is 16.9 Å². The minimum Gasteiger partial charge on any atom is -0.488 e. The quantitative estimate of drug-likeness (QED) is 0.728. The minimum absolute atomic E-state index is 0.0359. The molecule has 1 aliphatic rings. The van der Waals surface area contributed by atoms with Crippen molar-refractivity contribution in [2.24, 2.45) is 0 Å². The smallest absolute Gasteiger partial charge is 0.196 e. The highest BCUT2D eigenvalue weighted by molar-refractivity contribution is 6.14. The largest absolute Gasteiger partial charge is 0.488 e. The Bertz CT molecular complexity index is 657. The summed E-state index contributed by atoms with van der Waals surface area (Å²) in [4.78, 5) is 12.3. The molecule has 0 saturated carbocycles. The summed E-state index contributed by atoms with van der Waals surface area (Å²) in [6.07, 6.45) is 1.73. The lowest BCUT2D eigenvalue weighted by Crippen LogP contribution is -2.18. The lowest BCUT2D eigenvalue weighted by atomic mass is 9.98. The van der Waals surface area contributed by atoms with Crippen LogP contribution >= 0.6 is 0 Å². The molecule has 1 heterocycles. The highest BCUT2D eigenvalue weighted by atomic mass is 19.1. The Balaban J connectivity index is 1.96. The van der Waals surface area contributed by atoms with Crippen molar-refractivity contribution < 1.29 is 13.9 Å². The Labute approximate surface area is 110 Å². The van der Waals surface area contributed by atoms with Gasteiger partial charge in [0.15, 0.2) is 5.78 Å². The number of carbonyl (C=O) groups excluding carboxylic acids is 1. The fourth-order valence-corrected chi connectivity index (χ4v) is 2.04. The van der Waals surface area contributed by atoms with E-state index >= 15 is 0 Å². The van der Waals surface area contributed by atoms with Crippen molar-refractivity contribution in [1.82, 2.24) is 0 Å². The van der Waals surface area contributed by atoms with Gasteiger partial charge in [-0.1, -0.05) is 24.3 Å². The van der Waals surface area contributed by atoms with Gasteiger partial charge in [-0.15, -0.1) is 0 Å². The normalized spacial score (nSPS) is 16.1. The van der Waals surface area contributed by atoms with Crippen molar-refractivity contribution in [2.75, 3.05) is 6.61 Å². The maximum absolute atomic E-state index is 12.8. The summed E-state index contributed by atoms with van der Waals surface area (Å²) >= 11 is 0. The molecule has 0 atom stereocenters. The standard InChI is InChI=1S/C16H11FO2/c17-13-7-5-11(6-8-13)9-12-10-19-15-4-2-1-3-14(15)16(12)18/h1-9H,10H2/b12-9+. The number of ether oxygens (including phenoxy) is 1. The Morgan fingerprint density at radius 1 is 1.05 bits per heavy atom. The highest BCUT2D eigenvalue weighted by Crippen LogP contribution is 2.27. The Hall–Kier alpha value is -2.42. The summed E-state index contributed by atoms with van der Waals surface area (Å²) in [7, 11) is 0. The molecule has 0 radical (unpaired) electrons. The van der Waals surface area contributed by atoms with Crippen LogP contribution < -0.4 is 4.74 Å². The third-order valence-electron chi connectivity index (χ3n) is 3.02. The predicted molar refractivity (Wildman–Crippen MR) is 70.6 cm³/mol. The molecule has 0 N–H and O–H groups in total. The Morgan fingerprint density at radius 2 is 1.79 bits per heavy atom. The highest BCUT2D eigenvalue weighted by Gasteiger charge is 2.22. The van der Waals surface area contributed by atoms with Crippen LogP contribution in [0, 0.1) is 5.82 Å². The Morgan fingerprint density at radius 3 is 2.58 bits per heavy atom. The van der Waals surface area contributed by atoms with Crippen LogP contribution in [0.25, 0.3) is 6.08 Å². The van der Waals surface area contributed by atoms with Crippen LogP contribution in [-0.2, 0) is 0 Å². The monoisotopic (exact) mass is 254 g/mol. The molecule has 2 aromatic rings. The van der Waals surface area contributed by atoms with Gasteiger partial charge < -0.3 is 4.74 Å². The van der Waals surface area contributed by atoms with Gasteiger partial charge in [0.25, 0.3) is 0 Å². The molecule has 0 aromatic heterocycles. The fourth-order valence-electron chi connectivity index (χ4n) is 2.04. The molecule has 1 aliphatic heterocycles. The van der Waals surface area contributed by atoms with Gasteiger partial charge >= 0.3 is 0 Å². The molecular formula is C16H11FO2. The minimum atomic E-state index is -0.293. The second-order valence-corrected chi connectivity index (χ2v) is 4.34. The number of benzene rings is 2. The van der Waals surface area contributed by atoms with E-state index in [9.17, 15) is 9.18 Å². The molecule has 0 spiro atoms. The zero-order chi connectivity index (χ0) is 13.2. The fraction of sp³-hybridized carbons (Fsp3) is 0.0625.